The first-order valence-corrected chi connectivity index (χ1v) is 9.87. The Kier molecular flexibility index (Phi) is 7.33. The van der Waals surface area contributed by atoms with E-state index in [2.05, 4.69) is 4.98 Å². The molecular weight excluding hydrogens is 378 g/mol. The van der Waals surface area contributed by atoms with E-state index in [4.69, 9.17) is 9.47 Å². The summed E-state index contributed by atoms with van der Waals surface area (Å²) in [6.45, 7) is 2.34. The van der Waals surface area contributed by atoms with Gasteiger partial charge in [-0.15, -0.1) is 0 Å². The minimum Gasteiger partial charge on any atom is -0.489 e. The van der Waals surface area contributed by atoms with Gasteiger partial charge in [0, 0.05) is 30.3 Å². The maximum Gasteiger partial charge on any atom is 0.305 e. The van der Waals surface area contributed by atoms with Gasteiger partial charge in [0.2, 0.25) is 0 Å². The maximum atomic E-state index is 13.4. The van der Waals surface area contributed by atoms with Crippen molar-refractivity contribution in [2.75, 3.05) is 7.11 Å². The quantitative estimate of drug-likeness (QED) is 0.376. The van der Waals surface area contributed by atoms with Gasteiger partial charge in [0.05, 0.1) is 7.11 Å². The lowest BCUT2D eigenvalue weighted by Crippen LogP contribution is -2.16. The number of nitrogens with zero attached hydrogens (tertiary/aromatic N) is 1. The van der Waals surface area contributed by atoms with Crippen LogP contribution in [0.5, 0.6) is 5.75 Å². The van der Waals surface area contributed by atoms with Crippen molar-refractivity contribution in [2.24, 2.45) is 0 Å². The van der Waals surface area contributed by atoms with E-state index in [9.17, 15) is 9.59 Å². The van der Waals surface area contributed by atoms with E-state index < -0.39 is 5.92 Å². The van der Waals surface area contributed by atoms with Gasteiger partial charge < -0.3 is 9.47 Å². The van der Waals surface area contributed by atoms with E-state index in [-0.39, 0.29) is 18.2 Å². The highest BCUT2D eigenvalue weighted by molar-refractivity contribution is 6.01. The molecule has 0 fully saturated rings. The highest BCUT2D eigenvalue weighted by Crippen LogP contribution is 2.29. The smallest absolute Gasteiger partial charge is 0.305 e. The number of hydrogen-bond donors (Lipinski definition) is 0. The van der Waals surface area contributed by atoms with Crippen LogP contribution in [0.3, 0.4) is 0 Å². The van der Waals surface area contributed by atoms with Crippen molar-refractivity contribution in [3.63, 3.8) is 0 Å². The number of methoxy groups -OCH3 is 1. The van der Waals surface area contributed by atoms with Gasteiger partial charge >= 0.3 is 5.97 Å². The molecule has 154 valence electrons. The highest BCUT2D eigenvalue weighted by Gasteiger charge is 2.25. The third kappa shape index (κ3) is 5.54. The van der Waals surface area contributed by atoms with Crippen LogP contribution in [0.2, 0.25) is 0 Å². The predicted octanol–water partition coefficient (Wildman–Crippen LogP) is 4.89. The van der Waals surface area contributed by atoms with Crippen LogP contribution in [0, 0.1) is 6.92 Å². The summed E-state index contributed by atoms with van der Waals surface area (Å²) in [5.41, 5.74) is 3.39. The van der Waals surface area contributed by atoms with Crippen molar-refractivity contribution in [2.45, 2.75) is 32.3 Å². The molecule has 0 aliphatic rings. The summed E-state index contributed by atoms with van der Waals surface area (Å²) in [4.78, 5) is 29.2. The molecule has 3 rings (SSSR count). The Balaban J connectivity index is 1.81. The normalized spacial score (nSPS) is 11.5. The second-order valence-corrected chi connectivity index (χ2v) is 7.07. The largest absolute Gasteiger partial charge is 0.489 e. The van der Waals surface area contributed by atoms with Crippen LogP contribution in [-0.4, -0.2) is 23.8 Å². The molecule has 0 saturated carbocycles. The first-order chi connectivity index (χ1) is 14.6. The summed E-state index contributed by atoms with van der Waals surface area (Å²) in [5.74, 6) is -0.225. The number of aromatic nitrogens is 1. The SMILES string of the molecule is COC(=O)CCC(C(=O)c1cccc(OCc2ccccc2)c1)c1ccncc1C. The summed E-state index contributed by atoms with van der Waals surface area (Å²) in [5, 5.41) is 0. The van der Waals surface area contributed by atoms with E-state index >= 15 is 0 Å². The van der Waals surface area contributed by atoms with Gasteiger partial charge in [0.1, 0.15) is 12.4 Å². The second kappa shape index (κ2) is 10.3. The van der Waals surface area contributed by atoms with Crippen LogP contribution in [-0.2, 0) is 16.1 Å². The monoisotopic (exact) mass is 403 g/mol. The Morgan fingerprint density at radius 1 is 1.03 bits per heavy atom. The van der Waals surface area contributed by atoms with Crippen molar-refractivity contribution in [1.82, 2.24) is 4.98 Å². The summed E-state index contributed by atoms with van der Waals surface area (Å²) < 4.78 is 10.6. The van der Waals surface area contributed by atoms with E-state index in [1.165, 1.54) is 7.11 Å². The molecule has 0 radical (unpaired) electrons. The molecule has 0 amide bonds. The van der Waals surface area contributed by atoms with Gasteiger partial charge in [-0.3, -0.25) is 14.6 Å². The first kappa shape index (κ1) is 21.2. The Hall–Kier alpha value is -3.47. The molecule has 1 unspecified atom stereocenters. The van der Waals surface area contributed by atoms with Gasteiger partial charge in [-0.1, -0.05) is 42.5 Å². The predicted molar refractivity (Wildman–Crippen MR) is 115 cm³/mol. The van der Waals surface area contributed by atoms with E-state index in [0.29, 0.717) is 24.3 Å². The van der Waals surface area contributed by atoms with Crippen LogP contribution < -0.4 is 4.74 Å². The summed E-state index contributed by atoms with van der Waals surface area (Å²) in [7, 11) is 1.35. The molecule has 0 aliphatic carbocycles. The molecule has 0 saturated heterocycles. The number of pyridine rings is 1. The molecule has 1 aromatic heterocycles. The van der Waals surface area contributed by atoms with Gasteiger partial charge in [-0.2, -0.15) is 0 Å². The van der Waals surface area contributed by atoms with Crippen molar-refractivity contribution in [1.29, 1.82) is 0 Å². The molecule has 3 aromatic rings. The fraction of sp³-hybridized carbons (Fsp3) is 0.240. The zero-order valence-electron chi connectivity index (χ0n) is 17.2. The lowest BCUT2D eigenvalue weighted by Gasteiger charge is -2.18. The summed E-state index contributed by atoms with van der Waals surface area (Å²) in [6.07, 6.45) is 3.93. The number of ether oxygens (including phenoxy) is 2. The van der Waals surface area contributed by atoms with Crippen LogP contribution in [0.4, 0.5) is 0 Å². The standard InChI is InChI=1S/C25H25NO4/c1-18-16-26-14-13-22(18)23(11-12-24(27)29-2)25(28)20-9-6-10-21(15-20)30-17-19-7-4-3-5-8-19/h3-10,13-16,23H,11-12,17H2,1-2H3. The topological polar surface area (TPSA) is 65.5 Å². The Morgan fingerprint density at radius 3 is 2.57 bits per heavy atom. The minimum atomic E-state index is -0.462. The van der Waals surface area contributed by atoms with Crippen LogP contribution in [0.15, 0.2) is 73.1 Å². The van der Waals surface area contributed by atoms with Gasteiger partial charge in [-0.25, -0.2) is 0 Å². The van der Waals surface area contributed by atoms with Crippen LogP contribution in [0.1, 0.15) is 45.8 Å². The fourth-order valence-electron chi connectivity index (χ4n) is 3.35. The van der Waals surface area contributed by atoms with Crippen molar-refractivity contribution >= 4 is 11.8 Å². The van der Waals surface area contributed by atoms with Crippen molar-refractivity contribution in [3.05, 3.63) is 95.3 Å². The minimum absolute atomic E-state index is 0.0571. The average molecular weight is 403 g/mol. The Bertz CT molecular complexity index is 1000. The van der Waals surface area contributed by atoms with Crippen LogP contribution >= 0.6 is 0 Å². The molecule has 30 heavy (non-hydrogen) atoms. The molecule has 2 aromatic carbocycles. The molecule has 0 spiro atoms. The number of carbonyl (C=O) groups is 2. The van der Waals surface area contributed by atoms with Gasteiger partial charge in [0.15, 0.2) is 5.78 Å². The third-order valence-electron chi connectivity index (χ3n) is 4.99. The van der Waals surface area contributed by atoms with Gasteiger partial charge in [-0.05, 0) is 48.2 Å². The van der Waals surface area contributed by atoms with Crippen molar-refractivity contribution in [3.8, 4) is 5.75 Å². The molecule has 0 bridgehead atoms. The first-order valence-electron chi connectivity index (χ1n) is 9.87. The Labute approximate surface area is 176 Å². The summed E-state index contributed by atoms with van der Waals surface area (Å²) >= 11 is 0. The number of ketones is 1. The van der Waals surface area contributed by atoms with E-state index in [1.54, 1.807) is 24.5 Å². The second-order valence-electron chi connectivity index (χ2n) is 7.07. The van der Waals surface area contributed by atoms with Gasteiger partial charge in [0.25, 0.3) is 0 Å². The molecule has 0 N–H and O–H groups in total. The molecule has 1 atom stereocenters. The number of hydrogen-bond acceptors (Lipinski definition) is 5. The molecule has 0 aliphatic heterocycles. The molecular formula is C25H25NO4. The van der Waals surface area contributed by atoms with E-state index in [0.717, 1.165) is 16.7 Å². The summed E-state index contributed by atoms with van der Waals surface area (Å²) in [6, 6.07) is 18.9. The maximum absolute atomic E-state index is 13.4. The van der Waals surface area contributed by atoms with Crippen LogP contribution in [0.25, 0.3) is 0 Å². The lowest BCUT2D eigenvalue weighted by molar-refractivity contribution is -0.140. The van der Waals surface area contributed by atoms with Crippen molar-refractivity contribution < 1.29 is 19.1 Å². The number of aryl methyl sites for hydroxylation is 1. The number of esters is 1. The zero-order valence-corrected chi connectivity index (χ0v) is 17.2. The zero-order chi connectivity index (χ0) is 21.3. The average Bonchev–Trinajstić information content (AvgIpc) is 2.79. The molecule has 1 heterocycles. The Morgan fingerprint density at radius 2 is 1.83 bits per heavy atom. The fourth-order valence-corrected chi connectivity index (χ4v) is 3.35. The highest BCUT2D eigenvalue weighted by atomic mass is 16.5. The molecule has 5 heteroatoms. The molecule has 5 nitrogen and oxygen atoms in total. The number of rotatable bonds is 9. The lowest BCUT2D eigenvalue weighted by atomic mass is 9.85. The number of Topliss-reactive ketones (excluding diaryl/α,β-unsaturated/α-hetero) is 1. The number of benzene rings is 2. The van der Waals surface area contributed by atoms with E-state index in [1.807, 2.05) is 55.5 Å². The third-order valence-corrected chi connectivity index (χ3v) is 4.99. The number of carbonyl (C=O) groups excluding carboxylic acids is 2.